The van der Waals surface area contributed by atoms with Crippen molar-refractivity contribution in [3.05, 3.63) is 54.4 Å². The first-order valence-corrected chi connectivity index (χ1v) is 5.70. The summed E-state index contributed by atoms with van der Waals surface area (Å²) in [5.74, 6) is 0. The van der Waals surface area contributed by atoms with Crippen molar-refractivity contribution in [2.45, 2.75) is 13.0 Å². The molecule has 0 saturated carbocycles. The first-order chi connectivity index (χ1) is 8.45. The Balaban J connectivity index is 1.52. The first-order valence-electron chi connectivity index (χ1n) is 5.70. The fraction of sp³-hybridized carbons (Fsp3) is 0.308. The second kappa shape index (κ2) is 6.70. The van der Waals surface area contributed by atoms with Crippen LogP contribution in [0.4, 0.5) is 0 Å². The highest BCUT2D eigenvalue weighted by Crippen LogP contribution is 2.00. The largest absolute Gasteiger partial charge is 0.397 e. The van der Waals surface area contributed by atoms with E-state index in [-0.39, 0.29) is 0 Å². The Labute approximate surface area is 101 Å². The Bertz CT molecular complexity index is 401. The topological polar surface area (TPSA) is 36.3 Å². The number of hydrogen-bond donors (Lipinski definition) is 0. The highest BCUT2D eigenvalue weighted by atomic mass is 16.7. The van der Waals surface area contributed by atoms with Gasteiger partial charge in [0.2, 0.25) is 0 Å². The maximum Gasteiger partial charge on any atom is 0.119 e. The fourth-order valence-corrected chi connectivity index (χ4v) is 1.41. The first kappa shape index (κ1) is 11.7. The lowest BCUT2D eigenvalue weighted by atomic mass is 10.2. The predicted molar refractivity (Wildman–Crippen MR) is 64.4 cm³/mol. The van der Waals surface area contributed by atoms with E-state index in [0.717, 1.165) is 6.42 Å². The van der Waals surface area contributed by atoms with E-state index in [9.17, 15) is 0 Å². The Kier molecular flexibility index (Phi) is 4.60. The molecule has 0 N–H and O–H groups in total. The molecule has 0 fully saturated rings. The smallest absolute Gasteiger partial charge is 0.119 e. The number of ether oxygens (including phenoxy) is 1. The third kappa shape index (κ3) is 4.28. The molecule has 0 aliphatic heterocycles. The average molecular weight is 232 g/mol. The van der Waals surface area contributed by atoms with Crippen molar-refractivity contribution in [1.29, 1.82) is 0 Å². The molecule has 4 heteroatoms. The number of rotatable bonds is 7. The number of benzene rings is 1. The molecule has 90 valence electrons. The van der Waals surface area contributed by atoms with Crippen molar-refractivity contribution >= 4 is 0 Å². The quantitative estimate of drug-likeness (QED) is 0.684. The average Bonchev–Trinajstić information content (AvgIpc) is 2.88. The summed E-state index contributed by atoms with van der Waals surface area (Å²) in [5, 5.41) is 3.94. The van der Waals surface area contributed by atoms with Crippen LogP contribution in [0.15, 0.2) is 48.8 Å². The molecule has 17 heavy (non-hydrogen) atoms. The molecule has 0 spiro atoms. The third-order valence-electron chi connectivity index (χ3n) is 2.25. The third-order valence-corrected chi connectivity index (χ3v) is 2.25. The second-order valence-corrected chi connectivity index (χ2v) is 3.63. The van der Waals surface area contributed by atoms with Crippen molar-refractivity contribution in [3.8, 4) is 0 Å². The van der Waals surface area contributed by atoms with E-state index < -0.39 is 0 Å². The molecule has 1 aromatic carbocycles. The molecule has 0 saturated heterocycles. The van der Waals surface area contributed by atoms with Gasteiger partial charge < -0.3 is 9.57 Å². The van der Waals surface area contributed by atoms with Gasteiger partial charge >= 0.3 is 0 Å². The van der Waals surface area contributed by atoms with Crippen LogP contribution >= 0.6 is 0 Å². The van der Waals surface area contributed by atoms with E-state index in [4.69, 9.17) is 9.57 Å². The van der Waals surface area contributed by atoms with Crippen LogP contribution < -0.4 is 4.84 Å². The molecule has 2 rings (SSSR count). The van der Waals surface area contributed by atoms with E-state index in [1.165, 1.54) is 10.4 Å². The Morgan fingerprint density at radius 1 is 1.06 bits per heavy atom. The van der Waals surface area contributed by atoms with Crippen molar-refractivity contribution in [2.24, 2.45) is 0 Å². The highest BCUT2D eigenvalue weighted by molar-refractivity contribution is 5.13. The zero-order chi connectivity index (χ0) is 11.8. The zero-order valence-electron chi connectivity index (χ0n) is 9.66. The van der Waals surface area contributed by atoms with Gasteiger partial charge in [0.25, 0.3) is 0 Å². The summed E-state index contributed by atoms with van der Waals surface area (Å²) in [7, 11) is 0. The van der Waals surface area contributed by atoms with Crippen molar-refractivity contribution < 1.29 is 9.57 Å². The lowest BCUT2D eigenvalue weighted by Gasteiger charge is -2.06. The van der Waals surface area contributed by atoms with E-state index in [1.807, 2.05) is 24.3 Å². The summed E-state index contributed by atoms with van der Waals surface area (Å²) < 4.78 is 5.53. The Hall–Kier alpha value is -1.81. The normalized spacial score (nSPS) is 10.4. The van der Waals surface area contributed by atoms with Crippen LogP contribution in [-0.2, 0) is 11.3 Å². The van der Waals surface area contributed by atoms with Crippen LogP contribution in [0.25, 0.3) is 0 Å². The van der Waals surface area contributed by atoms with Gasteiger partial charge in [0, 0.05) is 6.42 Å². The lowest BCUT2D eigenvalue weighted by molar-refractivity contribution is 0.0511. The van der Waals surface area contributed by atoms with Crippen molar-refractivity contribution in [3.63, 3.8) is 0 Å². The molecule has 0 aliphatic rings. The summed E-state index contributed by atoms with van der Waals surface area (Å²) in [6.07, 6.45) is 4.31. The number of nitrogens with zero attached hydrogens (tertiary/aromatic N) is 2. The van der Waals surface area contributed by atoms with Gasteiger partial charge in [-0.15, -0.1) is 9.94 Å². The molecule has 0 atom stereocenters. The van der Waals surface area contributed by atoms with Gasteiger partial charge in [0.15, 0.2) is 0 Å². The van der Waals surface area contributed by atoms with Crippen LogP contribution in [0.1, 0.15) is 12.0 Å². The summed E-state index contributed by atoms with van der Waals surface area (Å²) in [6.45, 7) is 1.95. The zero-order valence-corrected chi connectivity index (χ0v) is 9.66. The van der Waals surface area contributed by atoms with Gasteiger partial charge in [-0.3, -0.25) is 0 Å². The lowest BCUT2D eigenvalue weighted by Crippen LogP contribution is -2.14. The number of hydrogen-bond acceptors (Lipinski definition) is 3. The van der Waals surface area contributed by atoms with E-state index in [1.54, 1.807) is 12.4 Å². The van der Waals surface area contributed by atoms with Gasteiger partial charge in [-0.05, 0) is 11.6 Å². The van der Waals surface area contributed by atoms with Crippen molar-refractivity contribution in [1.82, 2.24) is 9.94 Å². The molecule has 0 amide bonds. The maximum atomic E-state index is 5.53. The predicted octanol–water partition coefficient (Wildman–Crippen LogP) is 1.92. The van der Waals surface area contributed by atoms with Crippen LogP contribution in [0.5, 0.6) is 0 Å². The molecule has 1 aromatic heterocycles. The van der Waals surface area contributed by atoms with Crippen LogP contribution in [0.2, 0.25) is 0 Å². The van der Waals surface area contributed by atoms with Crippen LogP contribution in [0.3, 0.4) is 0 Å². The number of aromatic nitrogens is 2. The molecular formula is C13H16N2O2. The highest BCUT2D eigenvalue weighted by Gasteiger charge is 1.93. The van der Waals surface area contributed by atoms with Gasteiger partial charge in [-0.25, -0.2) is 0 Å². The second-order valence-electron chi connectivity index (χ2n) is 3.63. The summed E-state index contributed by atoms with van der Waals surface area (Å²) >= 11 is 0. The SMILES string of the molecule is c1ccc(COCCCOn2cccn2)cc1. The monoisotopic (exact) mass is 232 g/mol. The molecule has 2 aromatic rings. The van der Waals surface area contributed by atoms with E-state index in [0.29, 0.717) is 19.8 Å². The molecular weight excluding hydrogens is 216 g/mol. The molecule has 1 heterocycles. The minimum absolute atomic E-state index is 0.608. The minimum atomic E-state index is 0.608. The van der Waals surface area contributed by atoms with Crippen molar-refractivity contribution in [2.75, 3.05) is 13.2 Å². The molecule has 4 nitrogen and oxygen atoms in total. The van der Waals surface area contributed by atoms with Gasteiger partial charge in [0.05, 0.1) is 25.6 Å². The van der Waals surface area contributed by atoms with Crippen LogP contribution in [-0.4, -0.2) is 23.2 Å². The van der Waals surface area contributed by atoms with E-state index >= 15 is 0 Å². The molecule has 0 aliphatic carbocycles. The van der Waals surface area contributed by atoms with Gasteiger partial charge in [0.1, 0.15) is 6.61 Å². The minimum Gasteiger partial charge on any atom is -0.397 e. The summed E-state index contributed by atoms with van der Waals surface area (Å²) in [4.78, 5) is 6.78. The molecule has 0 radical (unpaired) electrons. The Morgan fingerprint density at radius 3 is 2.71 bits per heavy atom. The summed E-state index contributed by atoms with van der Waals surface area (Å²) in [6, 6.07) is 12.0. The molecule has 0 unspecified atom stereocenters. The fourth-order valence-electron chi connectivity index (χ4n) is 1.41. The van der Waals surface area contributed by atoms with E-state index in [2.05, 4.69) is 17.2 Å². The standard InChI is InChI=1S/C13H16N2O2/c1-2-6-13(7-3-1)12-16-10-5-11-17-15-9-4-8-14-15/h1-4,6-9H,5,10-12H2. The maximum absolute atomic E-state index is 5.53. The van der Waals surface area contributed by atoms with Gasteiger partial charge in [-0.1, -0.05) is 30.3 Å². The Morgan fingerprint density at radius 2 is 1.94 bits per heavy atom. The van der Waals surface area contributed by atoms with Crippen LogP contribution in [0, 0.1) is 0 Å². The summed E-state index contributed by atoms with van der Waals surface area (Å²) in [5.41, 5.74) is 1.19. The molecule has 0 bridgehead atoms. The van der Waals surface area contributed by atoms with Gasteiger partial charge in [-0.2, -0.15) is 0 Å².